The Morgan fingerprint density at radius 1 is 1.33 bits per heavy atom. The largest absolute Gasteiger partial charge is 0.489 e. The Labute approximate surface area is 106 Å². The molecule has 94 valence electrons. The van der Waals surface area contributed by atoms with Gasteiger partial charge in [0, 0.05) is 11.1 Å². The van der Waals surface area contributed by atoms with Crippen LogP contribution in [0.2, 0.25) is 0 Å². The van der Waals surface area contributed by atoms with Crippen molar-refractivity contribution < 1.29 is 9.84 Å². The van der Waals surface area contributed by atoms with E-state index in [1.807, 2.05) is 37.3 Å². The summed E-state index contributed by atoms with van der Waals surface area (Å²) in [5, 5.41) is 10.9. The van der Waals surface area contributed by atoms with Crippen LogP contribution in [0.3, 0.4) is 0 Å². The summed E-state index contributed by atoms with van der Waals surface area (Å²) in [6.45, 7) is 2.33. The average molecular weight is 243 g/mol. The van der Waals surface area contributed by atoms with E-state index in [1.54, 1.807) is 0 Å². The molecule has 18 heavy (non-hydrogen) atoms. The van der Waals surface area contributed by atoms with Gasteiger partial charge in [-0.25, -0.2) is 4.98 Å². The first-order chi connectivity index (χ1) is 8.74. The predicted octanol–water partition coefficient (Wildman–Crippen LogP) is 2.69. The van der Waals surface area contributed by atoms with Crippen LogP contribution in [0.4, 0.5) is 0 Å². The third kappa shape index (κ3) is 2.31. The second kappa shape index (κ2) is 4.58. The number of hydrogen-bond acceptors (Lipinski definition) is 3. The maximum Gasteiger partial charge on any atom is 0.145 e. The van der Waals surface area contributed by atoms with Crippen LogP contribution in [0, 0.1) is 12.8 Å². The number of aliphatic hydroxyl groups is 1. The molecule has 1 atom stereocenters. The molecule has 1 N–H and O–H groups in total. The highest BCUT2D eigenvalue weighted by atomic mass is 16.5. The van der Waals surface area contributed by atoms with Gasteiger partial charge in [-0.15, -0.1) is 0 Å². The summed E-state index contributed by atoms with van der Waals surface area (Å²) in [6, 6.07) is 9.92. The van der Waals surface area contributed by atoms with Crippen molar-refractivity contribution in [3.05, 3.63) is 36.0 Å². The summed E-state index contributed by atoms with van der Waals surface area (Å²) < 4.78 is 5.72. The van der Waals surface area contributed by atoms with Crippen LogP contribution in [0.25, 0.3) is 10.9 Å². The minimum Gasteiger partial charge on any atom is -0.489 e. The van der Waals surface area contributed by atoms with Crippen molar-refractivity contribution in [2.45, 2.75) is 25.9 Å². The Balaban J connectivity index is 1.83. The van der Waals surface area contributed by atoms with E-state index in [4.69, 9.17) is 4.74 Å². The molecule has 1 saturated carbocycles. The fourth-order valence-corrected chi connectivity index (χ4v) is 2.13. The van der Waals surface area contributed by atoms with E-state index < -0.39 is 0 Å². The van der Waals surface area contributed by atoms with Crippen LogP contribution in [0.15, 0.2) is 30.3 Å². The third-order valence-electron chi connectivity index (χ3n) is 3.40. The van der Waals surface area contributed by atoms with Gasteiger partial charge in [-0.2, -0.15) is 0 Å². The highest BCUT2D eigenvalue weighted by Gasteiger charge is 2.30. The first kappa shape index (κ1) is 11.5. The second-order valence-electron chi connectivity index (χ2n) is 5.00. The van der Waals surface area contributed by atoms with Crippen molar-refractivity contribution in [3.8, 4) is 5.75 Å². The molecule has 2 aromatic rings. The van der Waals surface area contributed by atoms with Gasteiger partial charge >= 0.3 is 0 Å². The van der Waals surface area contributed by atoms with Crippen molar-refractivity contribution in [1.82, 2.24) is 4.98 Å². The topological polar surface area (TPSA) is 42.4 Å². The maximum atomic E-state index is 9.83. The van der Waals surface area contributed by atoms with Gasteiger partial charge < -0.3 is 9.84 Å². The number of aliphatic hydroxyl groups excluding tert-OH is 1. The first-order valence-electron chi connectivity index (χ1n) is 6.41. The summed E-state index contributed by atoms with van der Waals surface area (Å²) in [4.78, 5) is 4.51. The van der Waals surface area contributed by atoms with Gasteiger partial charge in [0.05, 0.1) is 6.10 Å². The lowest BCUT2D eigenvalue weighted by Crippen LogP contribution is -2.19. The van der Waals surface area contributed by atoms with Crippen LogP contribution < -0.4 is 4.74 Å². The molecule has 3 nitrogen and oxygen atoms in total. The third-order valence-corrected chi connectivity index (χ3v) is 3.40. The molecule has 1 aliphatic rings. The van der Waals surface area contributed by atoms with Crippen LogP contribution in [0.5, 0.6) is 5.75 Å². The number of rotatable bonds is 4. The molecule has 1 aromatic heterocycles. The molecule has 0 amide bonds. The molecule has 0 radical (unpaired) electrons. The highest BCUT2D eigenvalue weighted by Crippen LogP contribution is 2.33. The van der Waals surface area contributed by atoms with Crippen molar-refractivity contribution in [1.29, 1.82) is 0 Å². The van der Waals surface area contributed by atoms with E-state index in [0.29, 0.717) is 12.5 Å². The SMILES string of the molecule is Cc1ccc2cccc(OCC(O)C3CC3)c2n1. The molecule has 1 aliphatic carbocycles. The lowest BCUT2D eigenvalue weighted by atomic mass is 10.2. The first-order valence-corrected chi connectivity index (χ1v) is 6.41. The zero-order chi connectivity index (χ0) is 12.5. The van der Waals surface area contributed by atoms with Gasteiger partial charge in [-0.3, -0.25) is 0 Å². The molecule has 1 unspecified atom stereocenters. The van der Waals surface area contributed by atoms with E-state index in [0.717, 1.165) is 35.2 Å². The molecular weight excluding hydrogens is 226 g/mol. The molecule has 0 saturated heterocycles. The smallest absolute Gasteiger partial charge is 0.145 e. The summed E-state index contributed by atoms with van der Waals surface area (Å²) >= 11 is 0. The number of nitrogens with zero attached hydrogens (tertiary/aromatic N) is 1. The maximum absolute atomic E-state index is 9.83. The van der Waals surface area contributed by atoms with E-state index >= 15 is 0 Å². The Morgan fingerprint density at radius 2 is 2.17 bits per heavy atom. The summed E-state index contributed by atoms with van der Waals surface area (Å²) in [6.07, 6.45) is 1.90. The van der Waals surface area contributed by atoms with Crippen LogP contribution in [0.1, 0.15) is 18.5 Å². The number of ether oxygens (including phenoxy) is 1. The molecular formula is C15H17NO2. The summed E-state index contributed by atoms with van der Waals surface area (Å²) in [5.41, 5.74) is 1.85. The number of aromatic nitrogens is 1. The van der Waals surface area contributed by atoms with Gasteiger partial charge in [0.15, 0.2) is 0 Å². The van der Waals surface area contributed by atoms with Crippen molar-refractivity contribution >= 4 is 10.9 Å². The van der Waals surface area contributed by atoms with Gasteiger partial charge in [0.1, 0.15) is 17.9 Å². The van der Waals surface area contributed by atoms with Crippen LogP contribution >= 0.6 is 0 Å². The zero-order valence-electron chi connectivity index (χ0n) is 10.5. The number of aryl methyl sites for hydroxylation is 1. The number of pyridine rings is 1. The van der Waals surface area contributed by atoms with Crippen molar-refractivity contribution in [3.63, 3.8) is 0 Å². The van der Waals surface area contributed by atoms with Gasteiger partial charge in [0.2, 0.25) is 0 Å². The molecule has 3 rings (SSSR count). The summed E-state index contributed by atoms with van der Waals surface area (Å²) in [7, 11) is 0. The quantitative estimate of drug-likeness (QED) is 0.897. The molecule has 3 heteroatoms. The summed E-state index contributed by atoms with van der Waals surface area (Å²) in [5.74, 6) is 1.20. The molecule has 1 heterocycles. The van der Waals surface area contributed by atoms with Gasteiger partial charge in [-0.05, 0) is 37.8 Å². The highest BCUT2D eigenvalue weighted by molar-refractivity contribution is 5.84. The minimum absolute atomic E-state index is 0.343. The molecule has 1 fully saturated rings. The fraction of sp³-hybridized carbons (Fsp3) is 0.400. The Kier molecular flexibility index (Phi) is 2.92. The molecule has 0 spiro atoms. The van der Waals surface area contributed by atoms with Crippen LogP contribution in [-0.4, -0.2) is 22.8 Å². The van der Waals surface area contributed by atoms with E-state index in [1.165, 1.54) is 0 Å². The van der Waals surface area contributed by atoms with Crippen LogP contribution in [-0.2, 0) is 0 Å². The zero-order valence-corrected chi connectivity index (χ0v) is 10.5. The van der Waals surface area contributed by atoms with E-state index in [-0.39, 0.29) is 6.10 Å². The number of para-hydroxylation sites is 1. The van der Waals surface area contributed by atoms with E-state index in [9.17, 15) is 5.11 Å². The number of hydrogen-bond donors (Lipinski definition) is 1. The standard InChI is InChI=1S/C15H17NO2/c1-10-5-6-12-3-2-4-14(15(12)16-10)18-9-13(17)11-7-8-11/h2-6,11,13,17H,7-9H2,1H3. The van der Waals surface area contributed by atoms with Crippen molar-refractivity contribution in [2.24, 2.45) is 5.92 Å². The minimum atomic E-state index is -0.343. The molecule has 0 aliphatic heterocycles. The molecule has 1 aromatic carbocycles. The lowest BCUT2D eigenvalue weighted by Gasteiger charge is -2.12. The van der Waals surface area contributed by atoms with Gasteiger partial charge in [-0.1, -0.05) is 18.2 Å². The Hall–Kier alpha value is -1.61. The second-order valence-corrected chi connectivity index (χ2v) is 5.00. The number of benzene rings is 1. The van der Waals surface area contributed by atoms with E-state index in [2.05, 4.69) is 4.98 Å². The average Bonchev–Trinajstić information content (AvgIpc) is 3.20. The molecule has 0 bridgehead atoms. The normalized spacial score (nSPS) is 16.8. The monoisotopic (exact) mass is 243 g/mol. The lowest BCUT2D eigenvalue weighted by molar-refractivity contribution is 0.0901. The van der Waals surface area contributed by atoms with Crippen molar-refractivity contribution in [2.75, 3.05) is 6.61 Å². The Morgan fingerprint density at radius 3 is 2.94 bits per heavy atom. The number of fused-ring (bicyclic) bond motifs is 1. The fourth-order valence-electron chi connectivity index (χ4n) is 2.13. The Bertz CT molecular complexity index is 563. The predicted molar refractivity (Wildman–Crippen MR) is 70.7 cm³/mol. The van der Waals surface area contributed by atoms with Gasteiger partial charge in [0.25, 0.3) is 0 Å².